The number of hydrogen-bond donors (Lipinski definition) is 2. The Bertz CT molecular complexity index is 986. The molecule has 1 amide bonds. The minimum atomic E-state index is -0.300. The molecule has 5 nitrogen and oxygen atoms in total. The van der Waals surface area contributed by atoms with E-state index < -0.39 is 0 Å². The standard InChI is InChI=1S/C22H21ClN2O3S/c1-2-12-27-18-5-3-4-16(13-18)21(26)25-22(29)24-14-19-10-11-20(28-19)15-6-8-17(23)9-7-15/h3-11,13H,2,12,14H2,1H3,(H2,24,25,26,29). The van der Waals surface area contributed by atoms with Crippen LogP contribution in [0.5, 0.6) is 5.75 Å². The highest BCUT2D eigenvalue weighted by Crippen LogP contribution is 2.23. The number of thiocarbonyl (C=S) groups is 1. The summed E-state index contributed by atoms with van der Waals surface area (Å²) in [6, 6.07) is 18.1. The van der Waals surface area contributed by atoms with Gasteiger partial charge in [-0.2, -0.15) is 0 Å². The maximum atomic E-state index is 12.4. The minimum absolute atomic E-state index is 0.222. The third kappa shape index (κ3) is 6.07. The lowest BCUT2D eigenvalue weighted by Crippen LogP contribution is -2.38. The van der Waals surface area contributed by atoms with Gasteiger partial charge in [-0.15, -0.1) is 0 Å². The van der Waals surface area contributed by atoms with Crippen LogP contribution in [-0.2, 0) is 6.54 Å². The second-order valence-electron chi connectivity index (χ2n) is 6.29. The van der Waals surface area contributed by atoms with Gasteiger partial charge >= 0.3 is 0 Å². The number of carbonyl (C=O) groups excluding carboxylic acids is 1. The fraction of sp³-hybridized carbons (Fsp3) is 0.182. The number of furan rings is 1. The molecule has 0 saturated carbocycles. The lowest BCUT2D eigenvalue weighted by atomic mass is 10.2. The third-order valence-corrected chi connectivity index (χ3v) is 4.51. The smallest absolute Gasteiger partial charge is 0.257 e. The van der Waals surface area contributed by atoms with Gasteiger partial charge in [0.1, 0.15) is 17.3 Å². The Morgan fingerprint density at radius 2 is 1.93 bits per heavy atom. The summed E-state index contributed by atoms with van der Waals surface area (Å²) >= 11 is 11.1. The van der Waals surface area contributed by atoms with E-state index in [4.69, 9.17) is 33.0 Å². The second kappa shape index (κ2) is 10.1. The SMILES string of the molecule is CCCOc1cccc(C(=O)NC(=S)NCc2ccc(-c3ccc(Cl)cc3)o2)c1. The van der Waals surface area contributed by atoms with Crippen LogP contribution in [0.2, 0.25) is 5.02 Å². The van der Waals surface area contributed by atoms with Crippen LogP contribution in [0.25, 0.3) is 11.3 Å². The van der Waals surface area contributed by atoms with Gasteiger partial charge in [0.2, 0.25) is 0 Å². The zero-order valence-electron chi connectivity index (χ0n) is 15.9. The Hall–Kier alpha value is -2.83. The molecule has 0 radical (unpaired) electrons. The summed E-state index contributed by atoms with van der Waals surface area (Å²) in [5.74, 6) is 1.79. The molecule has 0 bridgehead atoms. The molecule has 3 rings (SSSR count). The number of benzene rings is 2. The monoisotopic (exact) mass is 428 g/mol. The van der Waals surface area contributed by atoms with Crippen LogP contribution in [0.1, 0.15) is 29.5 Å². The molecule has 2 aromatic carbocycles. The first-order valence-corrected chi connectivity index (χ1v) is 10.0. The first-order valence-electron chi connectivity index (χ1n) is 9.22. The number of nitrogens with one attached hydrogen (secondary N) is 2. The molecule has 0 fully saturated rings. The lowest BCUT2D eigenvalue weighted by molar-refractivity contribution is 0.0976. The van der Waals surface area contributed by atoms with Crippen molar-refractivity contribution >= 4 is 34.8 Å². The van der Waals surface area contributed by atoms with Crippen molar-refractivity contribution < 1.29 is 13.9 Å². The van der Waals surface area contributed by atoms with Gasteiger partial charge in [-0.3, -0.25) is 10.1 Å². The quantitative estimate of drug-likeness (QED) is 0.507. The Kier molecular flexibility index (Phi) is 7.27. The van der Waals surface area contributed by atoms with Crippen molar-refractivity contribution in [2.75, 3.05) is 6.61 Å². The van der Waals surface area contributed by atoms with E-state index in [-0.39, 0.29) is 11.0 Å². The number of hydrogen-bond acceptors (Lipinski definition) is 4. The Labute approximate surface area is 180 Å². The maximum absolute atomic E-state index is 12.4. The van der Waals surface area contributed by atoms with Crippen molar-refractivity contribution in [2.24, 2.45) is 0 Å². The molecule has 2 N–H and O–H groups in total. The molecule has 0 aliphatic heterocycles. The highest BCUT2D eigenvalue weighted by Gasteiger charge is 2.10. The fourth-order valence-corrected chi connectivity index (χ4v) is 2.87. The van der Waals surface area contributed by atoms with Crippen molar-refractivity contribution in [3.8, 4) is 17.1 Å². The average Bonchev–Trinajstić information content (AvgIpc) is 3.20. The van der Waals surface area contributed by atoms with E-state index in [1.54, 1.807) is 18.2 Å². The van der Waals surface area contributed by atoms with E-state index in [0.29, 0.717) is 35.2 Å². The molecule has 1 heterocycles. The molecule has 0 unspecified atom stereocenters. The minimum Gasteiger partial charge on any atom is -0.494 e. The van der Waals surface area contributed by atoms with Crippen LogP contribution in [0.4, 0.5) is 0 Å². The highest BCUT2D eigenvalue weighted by molar-refractivity contribution is 7.80. The predicted molar refractivity (Wildman–Crippen MR) is 118 cm³/mol. The summed E-state index contributed by atoms with van der Waals surface area (Å²) in [5, 5.41) is 6.53. The van der Waals surface area contributed by atoms with Crippen LogP contribution in [-0.4, -0.2) is 17.6 Å². The molecule has 29 heavy (non-hydrogen) atoms. The fourth-order valence-electron chi connectivity index (χ4n) is 2.58. The molecule has 150 valence electrons. The summed E-state index contributed by atoms with van der Waals surface area (Å²) < 4.78 is 11.4. The average molecular weight is 429 g/mol. The highest BCUT2D eigenvalue weighted by atomic mass is 35.5. The van der Waals surface area contributed by atoms with Crippen molar-refractivity contribution in [3.63, 3.8) is 0 Å². The van der Waals surface area contributed by atoms with Crippen LogP contribution < -0.4 is 15.4 Å². The first kappa shape index (κ1) is 20.9. The largest absolute Gasteiger partial charge is 0.494 e. The number of rotatable bonds is 7. The summed E-state index contributed by atoms with van der Waals surface area (Å²) in [4.78, 5) is 12.4. The molecular formula is C22H21ClN2O3S. The molecular weight excluding hydrogens is 408 g/mol. The van der Waals surface area contributed by atoms with Gasteiger partial charge in [-0.05, 0) is 73.2 Å². The van der Waals surface area contributed by atoms with Crippen molar-refractivity contribution in [3.05, 3.63) is 77.0 Å². The normalized spacial score (nSPS) is 10.4. The molecule has 0 atom stereocenters. The van der Waals surface area contributed by atoms with E-state index in [0.717, 1.165) is 17.7 Å². The van der Waals surface area contributed by atoms with Gasteiger partial charge in [-0.1, -0.05) is 24.6 Å². The topological polar surface area (TPSA) is 63.5 Å². The van der Waals surface area contributed by atoms with E-state index in [9.17, 15) is 4.79 Å². The molecule has 7 heteroatoms. The Morgan fingerprint density at radius 3 is 2.69 bits per heavy atom. The van der Waals surface area contributed by atoms with Gasteiger partial charge in [0.05, 0.1) is 13.2 Å². The van der Waals surface area contributed by atoms with Crippen molar-refractivity contribution in [1.29, 1.82) is 0 Å². The van der Waals surface area contributed by atoms with E-state index in [1.165, 1.54) is 0 Å². The van der Waals surface area contributed by atoms with Gasteiger partial charge in [0, 0.05) is 16.1 Å². The molecule has 0 aliphatic rings. The van der Waals surface area contributed by atoms with Crippen LogP contribution in [0.15, 0.2) is 65.1 Å². The van der Waals surface area contributed by atoms with Crippen molar-refractivity contribution in [1.82, 2.24) is 10.6 Å². The summed E-state index contributed by atoms with van der Waals surface area (Å²) in [5.41, 5.74) is 1.41. The summed E-state index contributed by atoms with van der Waals surface area (Å²) in [6.45, 7) is 2.98. The molecule has 0 aliphatic carbocycles. The van der Waals surface area contributed by atoms with E-state index in [2.05, 4.69) is 10.6 Å². The number of ether oxygens (including phenoxy) is 1. The number of halogens is 1. The first-order chi connectivity index (χ1) is 14.0. The van der Waals surface area contributed by atoms with Crippen LogP contribution in [0.3, 0.4) is 0 Å². The predicted octanol–water partition coefficient (Wildman–Crippen LogP) is 5.19. The number of amides is 1. The molecule has 0 saturated heterocycles. The maximum Gasteiger partial charge on any atom is 0.257 e. The van der Waals surface area contributed by atoms with Crippen molar-refractivity contribution in [2.45, 2.75) is 19.9 Å². The van der Waals surface area contributed by atoms with Gasteiger partial charge in [-0.25, -0.2) is 0 Å². The third-order valence-electron chi connectivity index (χ3n) is 4.01. The summed E-state index contributed by atoms with van der Waals surface area (Å²) in [6.07, 6.45) is 0.900. The van der Waals surface area contributed by atoms with E-state index in [1.807, 2.05) is 49.4 Å². The zero-order valence-corrected chi connectivity index (χ0v) is 17.5. The zero-order chi connectivity index (χ0) is 20.6. The molecule has 3 aromatic rings. The second-order valence-corrected chi connectivity index (χ2v) is 7.13. The van der Waals surface area contributed by atoms with E-state index >= 15 is 0 Å². The van der Waals surface area contributed by atoms with Gasteiger partial charge in [0.25, 0.3) is 5.91 Å². The van der Waals surface area contributed by atoms with Gasteiger partial charge < -0.3 is 14.5 Å². The lowest BCUT2D eigenvalue weighted by Gasteiger charge is -2.10. The Morgan fingerprint density at radius 1 is 1.14 bits per heavy atom. The number of carbonyl (C=O) groups is 1. The van der Waals surface area contributed by atoms with Crippen LogP contribution in [0, 0.1) is 0 Å². The van der Waals surface area contributed by atoms with Gasteiger partial charge in [0.15, 0.2) is 5.11 Å². The molecule has 1 aromatic heterocycles. The van der Waals surface area contributed by atoms with Crippen LogP contribution >= 0.6 is 23.8 Å². The Balaban J connectivity index is 1.52. The molecule has 0 spiro atoms. The summed E-state index contributed by atoms with van der Waals surface area (Å²) in [7, 11) is 0.